The number of aromatic nitrogens is 2. The summed E-state index contributed by atoms with van der Waals surface area (Å²) in [6, 6.07) is 25.5. The maximum atomic E-state index is 12.9. The number of nitrogens with zero attached hydrogens (tertiary/aromatic N) is 4. The topological polar surface area (TPSA) is 59.7 Å². The van der Waals surface area contributed by atoms with Gasteiger partial charge in [0.15, 0.2) is 5.17 Å². The van der Waals surface area contributed by atoms with Crippen LogP contribution in [0, 0.1) is 5.92 Å². The molecule has 4 aromatic rings. The standard InChI is InChI=1S/C32H29ClN4O2S/c1-22-8-7-17-36(19-22)32-34-31(38)29(40-32)18-25-20-37(26-10-3-2-4-11-26)35-30(25)23-13-15-27(16-14-23)39-21-24-9-5-6-12-28(24)33/h2-6,9-16,18,20,22H,7-8,17,19,21H2,1H3. The summed E-state index contributed by atoms with van der Waals surface area (Å²) in [5.74, 6) is 1.15. The first-order chi connectivity index (χ1) is 19.5. The predicted molar refractivity (Wildman–Crippen MR) is 163 cm³/mol. The highest BCUT2D eigenvalue weighted by Gasteiger charge is 2.29. The Bertz CT molecular complexity index is 1580. The van der Waals surface area contributed by atoms with Crippen LogP contribution in [0.15, 0.2) is 95.0 Å². The number of carbonyl (C=O) groups excluding carboxylic acids is 1. The average Bonchev–Trinajstić information content (AvgIpc) is 3.57. The quantitative estimate of drug-likeness (QED) is 0.226. The van der Waals surface area contributed by atoms with Gasteiger partial charge in [-0.05, 0) is 79.1 Å². The average molecular weight is 569 g/mol. The molecule has 1 aromatic heterocycles. The largest absolute Gasteiger partial charge is 0.489 e. The van der Waals surface area contributed by atoms with E-state index in [1.807, 2.05) is 95.8 Å². The molecular formula is C32H29ClN4O2S. The molecule has 202 valence electrons. The van der Waals surface area contributed by atoms with E-state index >= 15 is 0 Å². The number of halogens is 1. The van der Waals surface area contributed by atoms with E-state index in [1.54, 1.807) is 0 Å². The molecule has 0 spiro atoms. The van der Waals surface area contributed by atoms with Gasteiger partial charge in [-0.1, -0.05) is 54.9 Å². The van der Waals surface area contributed by atoms with Crippen LogP contribution in [0.25, 0.3) is 23.0 Å². The molecule has 2 aliphatic heterocycles. The van der Waals surface area contributed by atoms with Gasteiger partial charge in [-0.3, -0.25) is 4.79 Å². The number of amidine groups is 1. The van der Waals surface area contributed by atoms with E-state index < -0.39 is 0 Å². The number of likely N-dealkylation sites (tertiary alicyclic amines) is 1. The second kappa shape index (κ2) is 11.7. The zero-order valence-electron chi connectivity index (χ0n) is 22.2. The van der Waals surface area contributed by atoms with Gasteiger partial charge in [0.1, 0.15) is 12.4 Å². The second-order valence-electron chi connectivity index (χ2n) is 10.1. The van der Waals surface area contributed by atoms with Gasteiger partial charge in [0.2, 0.25) is 0 Å². The molecule has 8 heteroatoms. The van der Waals surface area contributed by atoms with Crippen molar-refractivity contribution in [2.24, 2.45) is 10.9 Å². The molecule has 3 heterocycles. The molecule has 1 atom stereocenters. The molecular weight excluding hydrogens is 540 g/mol. The first kappa shape index (κ1) is 26.4. The number of ether oxygens (including phenoxy) is 1. The summed E-state index contributed by atoms with van der Waals surface area (Å²) in [7, 11) is 0. The predicted octanol–water partition coefficient (Wildman–Crippen LogP) is 7.47. The van der Waals surface area contributed by atoms with Crippen molar-refractivity contribution in [1.82, 2.24) is 14.7 Å². The van der Waals surface area contributed by atoms with Gasteiger partial charge in [0.25, 0.3) is 5.91 Å². The Hall–Kier alpha value is -3.81. The van der Waals surface area contributed by atoms with Crippen molar-refractivity contribution >= 4 is 40.5 Å². The van der Waals surface area contributed by atoms with Crippen LogP contribution in [0.4, 0.5) is 0 Å². The fourth-order valence-corrected chi connectivity index (χ4v) is 6.08. The summed E-state index contributed by atoms with van der Waals surface area (Å²) in [6.45, 7) is 4.52. The molecule has 3 aromatic carbocycles. The third kappa shape index (κ3) is 5.86. The lowest BCUT2D eigenvalue weighted by Gasteiger charge is -2.31. The molecule has 1 saturated heterocycles. The number of amides is 1. The summed E-state index contributed by atoms with van der Waals surface area (Å²) in [4.78, 5) is 20.2. The number of carbonyl (C=O) groups is 1. The fraction of sp³-hybridized carbons (Fsp3) is 0.219. The molecule has 6 rings (SSSR count). The maximum Gasteiger partial charge on any atom is 0.286 e. The van der Waals surface area contributed by atoms with Gasteiger partial charge in [-0.15, -0.1) is 0 Å². The van der Waals surface area contributed by atoms with Crippen molar-refractivity contribution in [3.05, 3.63) is 106 Å². The molecule has 40 heavy (non-hydrogen) atoms. The molecule has 2 aliphatic rings. The second-order valence-corrected chi connectivity index (χ2v) is 11.5. The van der Waals surface area contributed by atoms with Gasteiger partial charge in [-0.2, -0.15) is 10.1 Å². The van der Waals surface area contributed by atoms with Gasteiger partial charge >= 0.3 is 0 Å². The molecule has 0 aliphatic carbocycles. The summed E-state index contributed by atoms with van der Waals surface area (Å²) >= 11 is 7.73. The third-order valence-electron chi connectivity index (χ3n) is 7.07. The number of benzene rings is 3. The minimum atomic E-state index is -0.194. The van der Waals surface area contributed by atoms with Crippen LogP contribution in [-0.4, -0.2) is 38.8 Å². The Labute approximate surface area is 243 Å². The van der Waals surface area contributed by atoms with Crippen molar-refractivity contribution in [2.45, 2.75) is 26.4 Å². The van der Waals surface area contributed by atoms with Crippen molar-refractivity contribution in [3.63, 3.8) is 0 Å². The fourth-order valence-electron chi connectivity index (χ4n) is 4.95. The number of hydrogen-bond acceptors (Lipinski definition) is 5. The van der Waals surface area contributed by atoms with E-state index in [2.05, 4.69) is 16.8 Å². The molecule has 1 unspecified atom stereocenters. The molecule has 0 saturated carbocycles. The highest BCUT2D eigenvalue weighted by Crippen LogP contribution is 2.35. The lowest BCUT2D eigenvalue weighted by atomic mass is 10.0. The van der Waals surface area contributed by atoms with Crippen molar-refractivity contribution < 1.29 is 9.53 Å². The summed E-state index contributed by atoms with van der Waals surface area (Å²) in [5, 5.41) is 6.41. The number of aliphatic imine (C=N–C) groups is 1. The van der Waals surface area contributed by atoms with Gasteiger partial charge in [-0.25, -0.2) is 4.68 Å². The van der Waals surface area contributed by atoms with Crippen LogP contribution >= 0.6 is 23.4 Å². The number of hydrogen-bond donors (Lipinski definition) is 0. The SMILES string of the molecule is CC1CCCN(C2=NC(=O)C(=Cc3cn(-c4ccccc4)nc3-c3ccc(OCc4ccccc4Cl)cc3)S2)C1. The lowest BCUT2D eigenvalue weighted by molar-refractivity contribution is -0.113. The van der Waals surface area contributed by atoms with Gasteiger partial charge < -0.3 is 9.64 Å². The zero-order chi connectivity index (χ0) is 27.5. The molecule has 1 fully saturated rings. The normalized spacial score (nSPS) is 18.3. The van der Waals surface area contributed by atoms with Crippen molar-refractivity contribution in [1.29, 1.82) is 0 Å². The monoisotopic (exact) mass is 568 g/mol. The Morgan fingerprint density at radius 2 is 1.82 bits per heavy atom. The summed E-state index contributed by atoms with van der Waals surface area (Å²) in [6.07, 6.45) is 6.23. The number of thioether (sulfide) groups is 1. The van der Waals surface area contributed by atoms with E-state index in [0.29, 0.717) is 22.5 Å². The Morgan fingerprint density at radius 3 is 2.60 bits per heavy atom. The van der Waals surface area contributed by atoms with Gasteiger partial charge in [0.05, 0.1) is 16.3 Å². The van der Waals surface area contributed by atoms with Crippen molar-refractivity contribution in [3.8, 4) is 22.7 Å². The zero-order valence-corrected chi connectivity index (χ0v) is 23.7. The number of para-hydroxylation sites is 1. The van der Waals surface area contributed by atoms with E-state index in [-0.39, 0.29) is 5.91 Å². The van der Waals surface area contributed by atoms with E-state index in [1.165, 1.54) is 18.2 Å². The summed E-state index contributed by atoms with van der Waals surface area (Å²) < 4.78 is 7.83. The number of rotatable bonds is 6. The van der Waals surface area contributed by atoms with Gasteiger partial charge in [0, 0.05) is 41.0 Å². The highest BCUT2D eigenvalue weighted by molar-refractivity contribution is 8.18. The molecule has 0 bridgehead atoms. The lowest BCUT2D eigenvalue weighted by Crippen LogP contribution is -2.37. The Morgan fingerprint density at radius 1 is 1.05 bits per heavy atom. The molecule has 0 radical (unpaired) electrons. The Balaban J connectivity index is 1.27. The van der Waals surface area contributed by atoms with Crippen LogP contribution in [0.2, 0.25) is 5.02 Å². The minimum Gasteiger partial charge on any atom is -0.489 e. The molecule has 1 amide bonds. The first-order valence-corrected chi connectivity index (χ1v) is 14.6. The summed E-state index contributed by atoms with van der Waals surface area (Å²) in [5.41, 5.74) is 4.43. The first-order valence-electron chi connectivity index (χ1n) is 13.4. The maximum absolute atomic E-state index is 12.9. The highest BCUT2D eigenvalue weighted by atomic mass is 35.5. The Kier molecular flexibility index (Phi) is 7.75. The van der Waals surface area contributed by atoms with Crippen LogP contribution in [0.5, 0.6) is 5.75 Å². The van der Waals surface area contributed by atoms with Crippen LogP contribution in [0.1, 0.15) is 30.9 Å². The molecule has 0 N–H and O–H groups in total. The smallest absolute Gasteiger partial charge is 0.286 e. The minimum absolute atomic E-state index is 0.194. The number of piperidine rings is 1. The van der Waals surface area contributed by atoms with Crippen molar-refractivity contribution in [2.75, 3.05) is 13.1 Å². The van der Waals surface area contributed by atoms with E-state index in [9.17, 15) is 4.79 Å². The van der Waals surface area contributed by atoms with E-state index in [4.69, 9.17) is 21.4 Å². The van der Waals surface area contributed by atoms with Crippen LogP contribution in [0.3, 0.4) is 0 Å². The van der Waals surface area contributed by atoms with Crippen LogP contribution in [-0.2, 0) is 11.4 Å². The van der Waals surface area contributed by atoms with Crippen LogP contribution < -0.4 is 4.74 Å². The molecule has 6 nitrogen and oxygen atoms in total. The van der Waals surface area contributed by atoms with E-state index in [0.717, 1.165) is 58.5 Å². The third-order valence-corrected chi connectivity index (χ3v) is 8.48.